The second kappa shape index (κ2) is 11.4. The van der Waals surface area contributed by atoms with Gasteiger partial charge in [-0.25, -0.2) is 0 Å². The minimum absolute atomic E-state index is 0.140. The molecule has 158 valence electrons. The molecule has 0 aliphatic carbocycles. The summed E-state index contributed by atoms with van der Waals surface area (Å²) in [6.45, 7) is 3.10. The highest BCUT2D eigenvalue weighted by molar-refractivity contribution is 8.01. The van der Waals surface area contributed by atoms with Crippen LogP contribution in [0, 0.1) is 0 Å². The molecule has 3 rings (SSSR count). The van der Waals surface area contributed by atoms with Crippen molar-refractivity contribution < 1.29 is 18.7 Å². The molecule has 0 bridgehead atoms. The molecule has 0 aliphatic rings. The molecule has 0 saturated heterocycles. The Labute approximate surface area is 182 Å². The molecule has 0 fully saturated rings. The first-order valence-electron chi connectivity index (χ1n) is 9.43. The lowest BCUT2D eigenvalue weighted by atomic mass is 10.2. The molecule has 0 aliphatic heterocycles. The maximum absolute atomic E-state index is 12.4. The van der Waals surface area contributed by atoms with Crippen LogP contribution in [0.2, 0.25) is 0 Å². The van der Waals surface area contributed by atoms with Gasteiger partial charge in [-0.3, -0.25) is 14.9 Å². The van der Waals surface area contributed by atoms with Crippen LogP contribution in [-0.2, 0) is 11.3 Å². The zero-order valence-electron chi connectivity index (χ0n) is 16.4. The van der Waals surface area contributed by atoms with Gasteiger partial charge in [-0.1, -0.05) is 36.4 Å². The molecular formula is C20H22N4O4S2. The second-order valence-electron chi connectivity index (χ2n) is 6.20. The van der Waals surface area contributed by atoms with Crippen LogP contribution in [-0.4, -0.2) is 34.4 Å². The predicted molar refractivity (Wildman–Crippen MR) is 116 cm³/mol. The van der Waals surface area contributed by atoms with Crippen molar-refractivity contribution in [3.05, 3.63) is 54.0 Å². The maximum atomic E-state index is 12.4. The first-order valence-corrected chi connectivity index (χ1v) is 11.2. The van der Waals surface area contributed by atoms with E-state index < -0.39 is 0 Å². The van der Waals surface area contributed by atoms with Gasteiger partial charge in [-0.2, -0.15) is 0 Å². The zero-order chi connectivity index (χ0) is 21.2. The Bertz CT molecular complexity index is 942. The Kier molecular flexibility index (Phi) is 8.28. The monoisotopic (exact) mass is 446 g/mol. The molecule has 2 N–H and O–H groups in total. The number of ether oxygens (including phenoxy) is 1. The summed E-state index contributed by atoms with van der Waals surface area (Å²) in [5.74, 6) is 1.20. The Hall–Kier alpha value is -2.85. The van der Waals surface area contributed by atoms with Gasteiger partial charge in [0.2, 0.25) is 11.0 Å². The fourth-order valence-electron chi connectivity index (χ4n) is 2.30. The van der Waals surface area contributed by atoms with Crippen molar-refractivity contribution in [1.29, 1.82) is 0 Å². The molecule has 3 aromatic rings. The number of carbonyl (C=O) groups is 2. The van der Waals surface area contributed by atoms with E-state index in [9.17, 15) is 9.59 Å². The number of benzene rings is 1. The zero-order valence-corrected chi connectivity index (χ0v) is 18.1. The molecule has 30 heavy (non-hydrogen) atoms. The third kappa shape index (κ3) is 6.89. The van der Waals surface area contributed by atoms with E-state index in [4.69, 9.17) is 9.15 Å². The number of nitrogens with zero attached hydrogens (tertiary/aromatic N) is 2. The van der Waals surface area contributed by atoms with E-state index in [-0.39, 0.29) is 17.6 Å². The highest BCUT2D eigenvalue weighted by Crippen LogP contribution is 2.25. The summed E-state index contributed by atoms with van der Waals surface area (Å²) in [6.07, 6.45) is 3.62. The van der Waals surface area contributed by atoms with Crippen LogP contribution in [0.3, 0.4) is 0 Å². The molecule has 10 heteroatoms. The van der Waals surface area contributed by atoms with Gasteiger partial charge in [-0.05, 0) is 42.8 Å². The van der Waals surface area contributed by atoms with Crippen molar-refractivity contribution in [2.24, 2.45) is 0 Å². The first kappa shape index (κ1) is 21.8. The Morgan fingerprint density at radius 2 is 2.03 bits per heavy atom. The summed E-state index contributed by atoms with van der Waals surface area (Å²) < 4.78 is 11.4. The van der Waals surface area contributed by atoms with Crippen molar-refractivity contribution in [3.63, 3.8) is 0 Å². The minimum atomic E-state index is -0.279. The first-order chi connectivity index (χ1) is 14.6. The van der Waals surface area contributed by atoms with Gasteiger partial charge >= 0.3 is 0 Å². The van der Waals surface area contributed by atoms with Crippen LogP contribution in [0.25, 0.3) is 0 Å². The largest absolute Gasteiger partial charge is 0.494 e. The molecule has 0 radical (unpaired) electrons. The summed E-state index contributed by atoms with van der Waals surface area (Å²) in [5, 5.41) is 13.8. The van der Waals surface area contributed by atoms with Gasteiger partial charge in [0.05, 0.1) is 25.2 Å². The lowest BCUT2D eigenvalue weighted by molar-refractivity contribution is -0.118. The number of nitrogens with one attached hydrogen (secondary N) is 2. The fraction of sp³-hybridized carbons (Fsp3) is 0.300. The quantitative estimate of drug-likeness (QED) is 0.261. The molecule has 0 atom stereocenters. The van der Waals surface area contributed by atoms with Crippen LogP contribution in [0.15, 0.2) is 51.4 Å². The van der Waals surface area contributed by atoms with Crippen LogP contribution in [0.4, 0.5) is 5.13 Å². The summed E-state index contributed by atoms with van der Waals surface area (Å²) >= 11 is 2.47. The average Bonchev–Trinajstić information content (AvgIpc) is 3.43. The molecule has 2 heterocycles. The van der Waals surface area contributed by atoms with Gasteiger partial charge in [0, 0.05) is 5.56 Å². The van der Waals surface area contributed by atoms with Crippen LogP contribution >= 0.6 is 23.1 Å². The highest BCUT2D eigenvalue weighted by Gasteiger charge is 2.12. The number of carbonyl (C=O) groups excluding carboxylic acids is 2. The number of anilines is 1. The van der Waals surface area contributed by atoms with Crippen LogP contribution in [0.5, 0.6) is 5.75 Å². The van der Waals surface area contributed by atoms with E-state index in [0.29, 0.717) is 33.9 Å². The van der Waals surface area contributed by atoms with Gasteiger partial charge in [0.1, 0.15) is 11.5 Å². The van der Waals surface area contributed by atoms with Crippen molar-refractivity contribution in [3.8, 4) is 5.75 Å². The molecule has 0 spiro atoms. The molecule has 2 amide bonds. The number of thioether (sulfide) groups is 1. The normalized spacial score (nSPS) is 10.6. The lowest BCUT2D eigenvalue weighted by Gasteiger charge is -2.06. The fourth-order valence-corrected chi connectivity index (χ4v) is 3.88. The number of rotatable bonds is 11. The van der Waals surface area contributed by atoms with E-state index in [2.05, 4.69) is 27.8 Å². The summed E-state index contributed by atoms with van der Waals surface area (Å²) in [5.41, 5.74) is 0.500. The van der Waals surface area contributed by atoms with E-state index in [1.165, 1.54) is 23.1 Å². The van der Waals surface area contributed by atoms with Gasteiger partial charge in [0.15, 0.2) is 4.34 Å². The predicted octanol–water partition coefficient (Wildman–Crippen LogP) is 3.97. The van der Waals surface area contributed by atoms with E-state index in [0.717, 1.165) is 18.6 Å². The minimum Gasteiger partial charge on any atom is -0.494 e. The van der Waals surface area contributed by atoms with Crippen molar-refractivity contribution >= 4 is 40.0 Å². The molecule has 0 saturated carbocycles. The summed E-state index contributed by atoms with van der Waals surface area (Å²) in [7, 11) is 0. The number of aromatic nitrogens is 2. The van der Waals surface area contributed by atoms with Crippen molar-refractivity contribution in [2.45, 2.75) is 30.6 Å². The Morgan fingerprint density at radius 1 is 1.20 bits per heavy atom. The second-order valence-corrected chi connectivity index (χ2v) is 8.40. The Morgan fingerprint density at radius 3 is 2.77 bits per heavy atom. The number of hydrogen-bond donors (Lipinski definition) is 2. The van der Waals surface area contributed by atoms with E-state index >= 15 is 0 Å². The average molecular weight is 447 g/mol. The third-order valence-electron chi connectivity index (χ3n) is 3.88. The maximum Gasteiger partial charge on any atom is 0.257 e. The number of hydrogen-bond acceptors (Lipinski definition) is 8. The highest BCUT2D eigenvalue weighted by atomic mass is 32.2. The SMILES string of the molecule is CCCCOc1ccc(C(=O)Nc2nnc(SCC(=O)NCc3ccco3)s2)cc1. The van der Waals surface area contributed by atoms with Gasteiger partial charge in [-0.15, -0.1) is 10.2 Å². The number of amides is 2. The van der Waals surface area contributed by atoms with Crippen LogP contribution < -0.4 is 15.4 Å². The van der Waals surface area contributed by atoms with Gasteiger partial charge < -0.3 is 14.5 Å². The van der Waals surface area contributed by atoms with Gasteiger partial charge in [0.25, 0.3) is 5.91 Å². The smallest absolute Gasteiger partial charge is 0.257 e. The molecule has 8 nitrogen and oxygen atoms in total. The van der Waals surface area contributed by atoms with E-state index in [1.54, 1.807) is 42.7 Å². The Balaban J connectivity index is 1.43. The van der Waals surface area contributed by atoms with Crippen LogP contribution in [0.1, 0.15) is 35.9 Å². The lowest BCUT2D eigenvalue weighted by Crippen LogP contribution is -2.24. The molecule has 2 aromatic heterocycles. The van der Waals surface area contributed by atoms with E-state index in [1.807, 2.05) is 0 Å². The third-order valence-corrected chi connectivity index (χ3v) is 5.85. The topological polar surface area (TPSA) is 106 Å². The van der Waals surface area contributed by atoms with Crippen molar-refractivity contribution in [2.75, 3.05) is 17.7 Å². The molecular weight excluding hydrogens is 424 g/mol. The summed E-state index contributed by atoms with van der Waals surface area (Å²) in [4.78, 5) is 24.3. The summed E-state index contributed by atoms with van der Waals surface area (Å²) in [6, 6.07) is 10.5. The standard InChI is InChI=1S/C20H22N4O4S2/c1-2-3-10-27-15-8-6-14(7-9-15)18(26)22-19-23-24-20(30-19)29-13-17(25)21-12-16-5-4-11-28-16/h4-9,11H,2-3,10,12-13H2,1H3,(H,21,25)(H,22,23,26). The molecule has 1 aromatic carbocycles. The molecule has 0 unspecified atom stereocenters. The van der Waals surface area contributed by atoms with Crippen molar-refractivity contribution in [1.82, 2.24) is 15.5 Å². The number of furan rings is 1. The number of unbranched alkanes of at least 4 members (excludes halogenated alkanes) is 1.